The molecule has 0 spiro atoms. The van der Waals surface area contributed by atoms with E-state index in [9.17, 15) is 8.78 Å². The van der Waals surface area contributed by atoms with Gasteiger partial charge in [-0.15, -0.1) is 10.2 Å². The second-order valence-electron chi connectivity index (χ2n) is 6.89. The zero-order valence-electron chi connectivity index (χ0n) is 15.4. The fourth-order valence-electron chi connectivity index (χ4n) is 3.65. The van der Waals surface area contributed by atoms with Crippen molar-refractivity contribution in [2.75, 3.05) is 37.6 Å². The lowest BCUT2D eigenvalue weighted by molar-refractivity contribution is 0.0852. The van der Waals surface area contributed by atoms with Gasteiger partial charge in [0.05, 0.1) is 12.1 Å². The van der Waals surface area contributed by atoms with Crippen LogP contribution >= 0.6 is 0 Å². The molecule has 2 aromatic heterocycles. The average Bonchev–Trinajstić information content (AvgIpc) is 3.02. The molecule has 1 saturated heterocycles. The molecule has 0 saturated carbocycles. The van der Waals surface area contributed by atoms with Crippen LogP contribution in [-0.2, 0) is 7.05 Å². The number of anilines is 1. The Balaban J connectivity index is 1.63. The van der Waals surface area contributed by atoms with Crippen LogP contribution in [0, 0.1) is 6.92 Å². The van der Waals surface area contributed by atoms with Gasteiger partial charge in [-0.1, -0.05) is 18.2 Å². The van der Waals surface area contributed by atoms with E-state index in [-0.39, 0.29) is 6.54 Å². The van der Waals surface area contributed by atoms with E-state index in [0.717, 1.165) is 33.9 Å². The summed E-state index contributed by atoms with van der Waals surface area (Å²) in [6.07, 6.45) is -2.29. The van der Waals surface area contributed by atoms with Crippen molar-refractivity contribution in [3.8, 4) is 11.4 Å². The molecule has 0 N–H and O–H groups in total. The van der Waals surface area contributed by atoms with Crippen molar-refractivity contribution in [2.45, 2.75) is 13.3 Å². The van der Waals surface area contributed by atoms with E-state index in [0.29, 0.717) is 26.2 Å². The minimum Gasteiger partial charge on any atom is -0.338 e. The molecule has 3 aromatic rings. The van der Waals surface area contributed by atoms with Crippen molar-refractivity contribution in [3.63, 3.8) is 0 Å². The highest BCUT2D eigenvalue weighted by atomic mass is 19.3. The fourth-order valence-corrected chi connectivity index (χ4v) is 3.65. The van der Waals surface area contributed by atoms with Crippen LogP contribution in [-0.4, -0.2) is 63.8 Å². The Morgan fingerprint density at radius 2 is 1.81 bits per heavy atom. The third kappa shape index (κ3) is 3.49. The molecule has 0 atom stereocenters. The minimum absolute atomic E-state index is 0.166. The third-order valence-corrected chi connectivity index (χ3v) is 4.99. The van der Waals surface area contributed by atoms with Gasteiger partial charge in [0.1, 0.15) is 0 Å². The van der Waals surface area contributed by atoms with Crippen LogP contribution in [0.5, 0.6) is 0 Å². The highest BCUT2D eigenvalue weighted by Gasteiger charge is 2.24. The number of aromatic nitrogens is 4. The molecule has 1 aliphatic rings. The van der Waals surface area contributed by atoms with E-state index in [1.54, 1.807) is 4.90 Å². The summed E-state index contributed by atoms with van der Waals surface area (Å²) in [5.74, 6) is 1.54. The van der Waals surface area contributed by atoms with Gasteiger partial charge in [-0.2, -0.15) is 0 Å². The maximum absolute atomic E-state index is 12.6. The second-order valence-corrected chi connectivity index (χ2v) is 6.89. The number of hydrogen-bond donors (Lipinski definition) is 0. The monoisotopic (exact) mass is 372 g/mol. The number of benzene rings is 1. The Morgan fingerprint density at radius 3 is 2.56 bits per heavy atom. The number of halogens is 2. The Hall–Kier alpha value is -2.61. The number of alkyl halides is 2. The second kappa shape index (κ2) is 7.19. The summed E-state index contributed by atoms with van der Waals surface area (Å²) >= 11 is 0. The largest absolute Gasteiger partial charge is 0.338 e. The fraction of sp³-hybridized carbons (Fsp3) is 0.421. The van der Waals surface area contributed by atoms with Crippen LogP contribution in [0.4, 0.5) is 14.7 Å². The van der Waals surface area contributed by atoms with Crippen molar-refractivity contribution in [1.82, 2.24) is 24.6 Å². The van der Waals surface area contributed by atoms with Crippen LogP contribution in [0.1, 0.15) is 5.69 Å². The Morgan fingerprint density at radius 1 is 1.07 bits per heavy atom. The summed E-state index contributed by atoms with van der Waals surface area (Å²) in [4.78, 5) is 8.48. The van der Waals surface area contributed by atoms with Crippen LogP contribution in [0.2, 0.25) is 0 Å². The van der Waals surface area contributed by atoms with Gasteiger partial charge in [0.2, 0.25) is 5.95 Å². The summed E-state index contributed by atoms with van der Waals surface area (Å²) in [6, 6.07) is 10.0. The van der Waals surface area contributed by atoms with Crippen molar-refractivity contribution in [3.05, 3.63) is 36.0 Å². The summed E-state index contributed by atoms with van der Waals surface area (Å²) in [6.45, 7) is 4.33. The van der Waals surface area contributed by atoms with E-state index < -0.39 is 6.43 Å². The number of rotatable bonds is 4. The van der Waals surface area contributed by atoms with Crippen LogP contribution in [0.15, 0.2) is 30.3 Å². The minimum atomic E-state index is -2.29. The molecular formula is C19H22F2N6. The summed E-state index contributed by atoms with van der Waals surface area (Å²) in [5.41, 5.74) is 2.85. The highest BCUT2D eigenvalue weighted by Crippen LogP contribution is 2.29. The van der Waals surface area contributed by atoms with Gasteiger partial charge >= 0.3 is 0 Å². The Kier molecular flexibility index (Phi) is 4.73. The Bertz CT molecular complexity index is 947. The molecule has 8 heteroatoms. The van der Waals surface area contributed by atoms with E-state index in [1.807, 2.05) is 48.9 Å². The van der Waals surface area contributed by atoms with Gasteiger partial charge < -0.3 is 4.90 Å². The van der Waals surface area contributed by atoms with E-state index in [2.05, 4.69) is 20.1 Å². The maximum atomic E-state index is 12.6. The quantitative estimate of drug-likeness (QED) is 0.705. The maximum Gasteiger partial charge on any atom is 0.251 e. The third-order valence-electron chi connectivity index (χ3n) is 4.99. The number of piperazine rings is 1. The molecule has 1 aliphatic heterocycles. The molecule has 3 heterocycles. The average molecular weight is 372 g/mol. The Labute approximate surface area is 156 Å². The first kappa shape index (κ1) is 17.8. The molecule has 0 radical (unpaired) electrons. The van der Waals surface area contributed by atoms with Gasteiger partial charge in [0.15, 0.2) is 5.82 Å². The number of nitrogens with zero attached hydrogens (tertiary/aromatic N) is 6. The zero-order chi connectivity index (χ0) is 19.0. The van der Waals surface area contributed by atoms with Gasteiger partial charge in [0, 0.05) is 49.9 Å². The first-order valence-electron chi connectivity index (χ1n) is 9.04. The number of pyridine rings is 1. The lowest BCUT2D eigenvalue weighted by atomic mass is 10.1. The molecule has 6 nitrogen and oxygen atoms in total. The SMILES string of the molecule is Cc1cc(-c2nnc(N3CCN(CC(F)F)CC3)n2C)c2ccccc2n1. The van der Waals surface area contributed by atoms with Crippen molar-refractivity contribution >= 4 is 16.9 Å². The number of para-hydroxylation sites is 1. The molecule has 0 bridgehead atoms. The predicted octanol–water partition coefficient (Wildman–Crippen LogP) is 2.73. The number of hydrogen-bond acceptors (Lipinski definition) is 5. The molecule has 27 heavy (non-hydrogen) atoms. The van der Waals surface area contributed by atoms with Crippen molar-refractivity contribution < 1.29 is 8.78 Å². The molecular weight excluding hydrogens is 350 g/mol. The topological polar surface area (TPSA) is 50.1 Å². The van der Waals surface area contributed by atoms with E-state index >= 15 is 0 Å². The number of fused-ring (bicyclic) bond motifs is 1. The van der Waals surface area contributed by atoms with Gasteiger partial charge in [0.25, 0.3) is 6.43 Å². The molecule has 4 rings (SSSR count). The predicted molar refractivity (Wildman–Crippen MR) is 101 cm³/mol. The van der Waals surface area contributed by atoms with Crippen molar-refractivity contribution in [1.29, 1.82) is 0 Å². The highest BCUT2D eigenvalue weighted by molar-refractivity contribution is 5.93. The molecule has 142 valence electrons. The first-order valence-corrected chi connectivity index (χ1v) is 9.04. The normalized spacial score (nSPS) is 15.8. The van der Waals surface area contributed by atoms with E-state index in [1.165, 1.54) is 0 Å². The molecule has 1 aromatic carbocycles. The standard InChI is InChI=1S/C19H22F2N6/c1-13-11-15(14-5-3-4-6-16(14)22-13)18-23-24-19(25(18)2)27-9-7-26(8-10-27)12-17(20)21/h3-6,11,17H,7-10,12H2,1-2H3. The summed E-state index contributed by atoms with van der Waals surface area (Å²) < 4.78 is 27.1. The molecule has 0 unspecified atom stereocenters. The molecule has 0 aliphatic carbocycles. The zero-order valence-corrected chi connectivity index (χ0v) is 15.4. The smallest absolute Gasteiger partial charge is 0.251 e. The molecule has 0 amide bonds. The first-order chi connectivity index (χ1) is 13.0. The lowest BCUT2D eigenvalue weighted by Gasteiger charge is -2.34. The van der Waals surface area contributed by atoms with Crippen LogP contribution in [0.25, 0.3) is 22.3 Å². The van der Waals surface area contributed by atoms with Crippen molar-refractivity contribution in [2.24, 2.45) is 7.05 Å². The van der Waals surface area contributed by atoms with Gasteiger partial charge in [-0.25, -0.2) is 8.78 Å². The van der Waals surface area contributed by atoms with E-state index in [4.69, 9.17) is 0 Å². The van der Waals surface area contributed by atoms with Crippen LogP contribution < -0.4 is 4.90 Å². The van der Waals surface area contributed by atoms with Gasteiger partial charge in [-0.05, 0) is 19.1 Å². The number of aryl methyl sites for hydroxylation is 1. The lowest BCUT2D eigenvalue weighted by Crippen LogP contribution is -2.48. The van der Waals surface area contributed by atoms with Gasteiger partial charge in [-0.3, -0.25) is 14.5 Å². The molecule has 1 fully saturated rings. The van der Waals surface area contributed by atoms with Crippen LogP contribution in [0.3, 0.4) is 0 Å². The summed E-state index contributed by atoms with van der Waals surface area (Å²) in [5, 5.41) is 9.85. The summed E-state index contributed by atoms with van der Waals surface area (Å²) in [7, 11) is 1.95.